The number of fused-ring (bicyclic) bond motifs is 1. The van der Waals surface area contributed by atoms with Crippen molar-refractivity contribution in [1.29, 1.82) is 0 Å². The van der Waals surface area contributed by atoms with Crippen molar-refractivity contribution in [3.05, 3.63) is 58.8 Å². The summed E-state index contributed by atoms with van der Waals surface area (Å²) in [4.78, 5) is -0.215. The van der Waals surface area contributed by atoms with Crippen LogP contribution in [-0.2, 0) is 20.0 Å². The smallest absolute Gasteiger partial charge is 0.242 e. The van der Waals surface area contributed by atoms with E-state index in [9.17, 15) is 16.8 Å². The molecule has 0 atom stereocenters. The maximum atomic E-state index is 12.3. The van der Waals surface area contributed by atoms with Gasteiger partial charge in [0.15, 0.2) is 0 Å². The lowest BCUT2D eigenvalue weighted by Gasteiger charge is -2.11. The molecule has 2 N–H and O–H groups in total. The number of nitrogens with one attached hydrogen (secondary N) is 2. The number of anilines is 1. The number of pyridine rings is 1. The Kier molecular flexibility index (Phi) is 5.63. The Balaban J connectivity index is 1.65. The fraction of sp³-hybridized carbons (Fsp3) is 0.133. The standard InChI is InChI=1S/C15H14Cl2N4O4S2/c16-11-1-2-14(17)15(9-11)27(24,25)19-6-8-26(22,23)20-12-4-7-21-13(10-12)3-5-18-21/h1-5,7,9-10,19-20H,6,8H2. The van der Waals surface area contributed by atoms with Gasteiger partial charge in [-0.3, -0.25) is 4.72 Å². The third-order valence-electron chi connectivity index (χ3n) is 3.52. The van der Waals surface area contributed by atoms with Gasteiger partial charge in [0.2, 0.25) is 20.0 Å². The molecule has 8 nitrogen and oxygen atoms in total. The van der Waals surface area contributed by atoms with Crippen molar-refractivity contribution in [3.63, 3.8) is 0 Å². The lowest BCUT2D eigenvalue weighted by atomic mass is 10.4. The molecular formula is C15H14Cl2N4O4S2. The molecule has 0 unspecified atom stereocenters. The van der Waals surface area contributed by atoms with Crippen molar-refractivity contribution in [2.75, 3.05) is 17.0 Å². The molecule has 27 heavy (non-hydrogen) atoms. The number of nitrogens with zero attached hydrogens (tertiary/aromatic N) is 2. The average molecular weight is 449 g/mol. The molecule has 0 fully saturated rings. The Bertz CT molecular complexity index is 1190. The second-order valence-electron chi connectivity index (χ2n) is 5.51. The SMILES string of the molecule is O=S(=O)(CCNS(=O)(=O)c1cc(Cl)ccc1Cl)Nc1ccn2nccc2c1. The van der Waals surface area contributed by atoms with E-state index in [2.05, 4.69) is 14.5 Å². The zero-order valence-corrected chi connectivity index (χ0v) is 16.8. The topological polar surface area (TPSA) is 110 Å². The second-order valence-corrected chi connectivity index (χ2v) is 9.93. The molecule has 0 bridgehead atoms. The van der Waals surface area contributed by atoms with Gasteiger partial charge in [0.25, 0.3) is 0 Å². The maximum Gasteiger partial charge on any atom is 0.242 e. The van der Waals surface area contributed by atoms with Crippen LogP contribution in [0.25, 0.3) is 5.52 Å². The Morgan fingerprint density at radius 3 is 2.59 bits per heavy atom. The number of sulfonamides is 2. The third kappa shape index (κ3) is 4.90. The van der Waals surface area contributed by atoms with Crippen LogP contribution in [0.4, 0.5) is 5.69 Å². The normalized spacial score (nSPS) is 12.4. The minimum atomic E-state index is -4.00. The van der Waals surface area contributed by atoms with E-state index in [0.717, 1.165) is 0 Å². The Hall–Kier alpha value is -1.85. The Morgan fingerprint density at radius 2 is 1.81 bits per heavy atom. The molecule has 3 rings (SSSR count). The average Bonchev–Trinajstić information content (AvgIpc) is 3.03. The van der Waals surface area contributed by atoms with E-state index in [1.807, 2.05) is 0 Å². The molecule has 3 aromatic rings. The molecule has 12 heteroatoms. The molecule has 0 amide bonds. The van der Waals surface area contributed by atoms with Gasteiger partial charge in [-0.05, 0) is 36.4 Å². The quantitative estimate of drug-likeness (QED) is 0.576. The van der Waals surface area contributed by atoms with Crippen LogP contribution in [-0.4, -0.2) is 38.7 Å². The van der Waals surface area contributed by atoms with Gasteiger partial charge < -0.3 is 0 Å². The van der Waals surface area contributed by atoms with Crippen LogP contribution in [0.2, 0.25) is 10.0 Å². The van der Waals surface area contributed by atoms with Crippen molar-refractivity contribution < 1.29 is 16.8 Å². The van der Waals surface area contributed by atoms with Crippen LogP contribution in [0, 0.1) is 0 Å². The van der Waals surface area contributed by atoms with E-state index in [1.165, 1.54) is 18.2 Å². The van der Waals surface area contributed by atoms with Crippen molar-refractivity contribution in [1.82, 2.24) is 14.3 Å². The highest BCUT2D eigenvalue weighted by Gasteiger charge is 2.20. The highest BCUT2D eigenvalue weighted by molar-refractivity contribution is 7.92. The summed E-state index contributed by atoms with van der Waals surface area (Å²) in [6.07, 6.45) is 3.19. The molecule has 144 valence electrons. The van der Waals surface area contributed by atoms with Crippen molar-refractivity contribution >= 4 is 54.5 Å². The van der Waals surface area contributed by atoms with E-state index in [0.29, 0.717) is 11.2 Å². The van der Waals surface area contributed by atoms with Crippen LogP contribution in [0.1, 0.15) is 0 Å². The van der Waals surface area contributed by atoms with Crippen LogP contribution in [0.3, 0.4) is 0 Å². The minimum Gasteiger partial charge on any atom is -0.283 e. The molecule has 0 spiro atoms. The van der Waals surface area contributed by atoms with Crippen LogP contribution in [0.15, 0.2) is 53.7 Å². The number of halogens is 2. The van der Waals surface area contributed by atoms with Crippen molar-refractivity contribution in [2.24, 2.45) is 0 Å². The number of hydrogen-bond acceptors (Lipinski definition) is 5. The van der Waals surface area contributed by atoms with Gasteiger partial charge in [-0.25, -0.2) is 26.1 Å². The first-order chi connectivity index (χ1) is 12.7. The Labute approximate surface area is 166 Å². The molecule has 0 aliphatic heterocycles. The van der Waals surface area contributed by atoms with Gasteiger partial charge in [0.1, 0.15) is 4.90 Å². The van der Waals surface area contributed by atoms with Gasteiger partial charge >= 0.3 is 0 Å². The van der Waals surface area contributed by atoms with Crippen LogP contribution < -0.4 is 9.44 Å². The van der Waals surface area contributed by atoms with E-state index in [-0.39, 0.29) is 21.5 Å². The maximum absolute atomic E-state index is 12.3. The zero-order valence-electron chi connectivity index (χ0n) is 13.6. The number of benzene rings is 1. The van der Waals surface area contributed by atoms with Gasteiger partial charge in [0.05, 0.1) is 22.0 Å². The fourth-order valence-electron chi connectivity index (χ4n) is 2.29. The molecule has 0 aliphatic rings. The minimum absolute atomic E-state index is 0.0120. The summed E-state index contributed by atoms with van der Waals surface area (Å²) >= 11 is 11.7. The summed E-state index contributed by atoms with van der Waals surface area (Å²) < 4.78 is 55.2. The summed E-state index contributed by atoms with van der Waals surface area (Å²) in [5, 5.41) is 4.20. The number of hydrogen-bond donors (Lipinski definition) is 2. The summed E-state index contributed by atoms with van der Waals surface area (Å²) in [7, 11) is -7.78. The van der Waals surface area contributed by atoms with Gasteiger partial charge in [0, 0.05) is 24.0 Å². The summed E-state index contributed by atoms with van der Waals surface area (Å²) in [6, 6.07) is 8.88. The summed E-state index contributed by atoms with van der Waals surface area (Å²) in [6.45, 7) is -0.338. The highest BCUT2D eigenvalue weighted by Crippen LogP contribution is 2.24. The fourth-order valence-corrected chi connectivity index (χ4v) is 5.17. The second kappa shape index (κ2) is 7.64. The molecule has 0 radical (unpaired) electrons. The van der Waals surface area contributed by atoms with E-state index in [4.69, 9.17) is 23.2 Å². The molecule has 0 saturated heterocycles. The zero-order chi connectivity index (χ0) is 19.7. The van der Waals surface area contributed by atoms with E-state index in [1.54, 1.807) is 35.1 Å². The summed E-state index contributed by atoms with van der Waals surface area (Å²) in [5.41, 5.74) is 1.07. The Morgan fingerprint density at radius 1 is 1.04 bits per heavy atom. The van der Waals surface area contributed by atoms with Crippen LogP contribution in [0.5, 0.6) is 0 Å². The molecular weight excluding hydrogens is 435 g/mol. The number of rotatable bonds is 7. The molecule has 1 aromatic carbocycles. The van der Waals surface area contributed by atoms with Crippen molar-refractivity contribution in [3.8, 4) is 0 Å². The number of aromatic nitrogens is 2. The first-order valence-electron chi connectivity index (χ1n) is 7.55. The molecule has 0 saturated carbocycles. The lowest BCUT2D eigenvalue weighted by Crippen LogP contribution is -2.31. The largest absolute Gasteiger partial charge is 0.283 e. The monoisotopic (exact) mass is 448 g/mol. The van der Waals surface area contributed by atoms with Crippen molar-refractivity contribution in [2.45, 2.75) is 4.90 Å². The van der Waals surface area contributed by atoms with E-state index >= 15 is 0 Å². The highest BCUT2D eigenvalue weighted by atomic mass is 35.5. The lowest BCUT2D eigenvalue weighted by molar-refractivity contribution is 0.582. The predicted molar refractivity (Wildman–Crippen MR) is 104 cm³/mol. The first kappa shape index (κ1) is 19.9. The van der Waals surface area contributed by atoms with Gasteiger partial charge in [-0.2, -0.15) is 5.10 Å². The molecule has 2 aromatic heterocycles. The molecule has 2 heterocycles. The van der Waals surface area contributed by atoms with Gasteiger partial charge in [-0.15, -0.1) is 0 Å². The van der Waals surface area contributed by atoms with E-state index < -0.39 is 25.8 Å². The summed E-state index contributed by atoms with van der Waals surface area (Å²) in [5.74, 6) is -0.463. The van der Waals surface area contributed by atoms with Gasteiger partial charge in [-0.1, -0.05) is 23.2 Å². The van der Waals surface area contributed by atoms with Crippen LogP contribution >= 0.6 is 23.2 Å². The third-order valence-corrected chi connectivity index (χ3v) is 6.98. The predicted octanol–water partition coefficient (Wildman–Crippen LogP) is 2.36. The first-order valence-corrected chi connectivity index (χ1v) is 11.4. The molecule has 0 aliphatic carbocycles.